The van der Waals surface area contributed by atoms with Crippen molar-refractivity contribution in [1.82, 2.24) is 0 Å². The monoisotopic (exact) mass is 214 g/mol. The topological polar surface area (TPSA) is 52.6 Å². The summed E-state index contributed by atoms with van der Waals surface area (Å²) in [6.07, 6.45) is 2.49. The number of ether oxygens (including phenoxy) is 2. The van der Waals surface area contributed by atoms with Crippen molar-refractivity contribution in [3.05, 3.63) is 0 Å². The van der Waals surface area contributed by atoms with Gasteiger partial charge in [-0.1, -0.05) is 0 Å². The third kappa shape index (κ3) is 3.30. The molecule has 1 saturated heterocycles. The molecular weight excluding hydrogens is 196 g/mol. The van der Waals surface area contributed by atoms with Gasteiger partial charge in [-0.2, -0.15) is 0 Å². The van der Waals surface area contributed by atoms with E-state index in [9.17, 15) is 9.59 Å². The lowest BCUT2D eigenvalue weighted by atomic mass is 9.90. The number of ketones is 1. The Kier molecular flexibility index (Phi) is 4.27. The van der Waals surface area contributed by atoms with Gasteiger partial charge in [0.25, 0.3) is 0 Å². The molecule has 1 unspecified atom stereocenters. The summed E-state index contributed by atoms with van der Waals surface area (Å²) in [5.74, 6) is -0.626. The summed E-state index contributed by atoms with van der Waals surface area (Å²) in [6, 6.07) is 0. The van der Waals surface area contributed by atoms with Crippen molar-refractivity contribution in [2.75, 3.05) is 13.2 Å². The lowest BCUT2D eigenvalue weighted by molar-refractivity contribution is -0.156. The van der Waals surface area contributed by atoms with Crippen LogP contribution < -0.4 is 0 Å². The first-order valence-corrected chi connectivity index (χ1v) is 5.41. The third-order valence-corrected chi connectivity index (χ3v) is 2.67. The number of rotatable bonds is 4. The fourth-order valence-electron chi connectivity index (χ4n) is 1.68. The van der Waals surface area contributed by atoms with Gasteiger partial charge in [0.05, 0.1) is 6.61 Å². The molecule has 1 heterocycles. The molecule has 1 rings (SSSR count). The lowest BCUT2D eigenvalue weighted by Gasteiger charge is -2.32. The Bertz CT molecular complexity index is 241. The van der Waals surface area contributed by atoms with Crippen molar-refractivity contribution in [2.24, 2.45) is 0 Å². The smallest absolute Gasteiger partial charge is 0.313 e. The van der Waals surface area contributed by atoms with Crippen LogP contribution in [0.4, 0.5) is 0 Å². The summed E-state index contributed by atoms with van der Waals surface area (Å²) >= 11 is 0. The highest BCUT2D eigenvalue weighted by Gasteiger charge is 2.36. The van der Waals surface area contributed by atoms with Crippen molar-refractivity contribution >= 4 is 11.8 Å². The van der Waals surface area contributed by atoms with E-state index in [0.29, 0.717) is 19.6 Å². The molecule has 0 bridgehead atoms. The second-order valence-electron chi connectivity index (χ2n) is 3.94. The van der Waals surface area contributed by atoms with Gasteiger partial charge in [0.15, 0.2) is 5.78 Å². The van der Waals surface area contributed by atoms with E-state index < -0.39 is 11.6 Å². The molecule has 4 heteroatoms. The van der Waals surface area contributed by atoms with Gasteiger partial charge in [-0.3, -0.25) is 9.59 Å². The highest BCUT2D eigenvalue weighted by atomic mass is 16.5. The van der Waals surface area contributed by atoms with Crippen LogP contribution in [0.2, 0.25) is 0 Å². The van der Waals surface area contributed by atoms with Crippen LogP contribution >= 0.6 is 0 Å². The average molecular weight is 214 g/mol. The fourth-order valence-corrected chi connectivity index (χ4v) is 1.68. The maximum atomic E-state index is 11.8. The summed E-state index contributed by atoms with van der Waals surface area (Å²) < 4.78 is 10.2. The first kappa shape index (κ1) is 12.2. The van der Waals surface area contributed by atoms with E-state index in [1.165, 1.54) is 0 Å². The van der Waals surface area contributed by atoms with E-state index in [4.69, 9.17) is 9.47 Å². The Morgan fingerprint density at radius 2 is 2.13 bits per heavy atom. The predicted octanol–water partition coefficient (Wildman–Crippen LogP) is 1.47. The largest absolute Gasteiger partial charge is 0.466 e. The van der Waals surface area contributed by atoms with Gasteiger partial charge in [0.2, 0.25) is 0 Å². The number of hydrogen-bond donors (Lipinski definition) is 0. The summed E-state index contributed by atoms with van der Waals surface area (Å²) in [4.78, 5) is 22.9. The van der Waals surface area contributed by atoms with E-state index in [1.807, 2.05) is 0 Å². The van der Waals surface area contributed by atoms with E-state index in [2.05, 4.69) is 0 Å². The van der Waals surface area contributed by atoms with Crippen LogP contribution in [-0.2, 0) is 19.1 Å². The van der Waals surface area contributed by atoms with E-state index in [1.54, 1.807) is 13.8 Å². The summed E-state index contributed by atoms with van der Waals surface area (Å²) in [6.45, 7) is 4.39. The van der Waals surface area contributed by atoms with E-state index >= 15 is 0 Å². The molecule has 0 saturated carbocycles. The van der Waals surface area contributed by atoms with Gasteiger partial charge in [-0.25, -0.2) is 0 Å². The molecule has 1 atom stereocenters. The molecule has 0 aromatic rings. The van der Waals surface area contributed by atoms with Crippen LogP contribution in [0, 0.1) is 0 Å². The molecule has 1 aliphatic rings. The Labute approximate surface area is 89.9 Å². The molecule has 0 radical (unpaired) electrons. The minimum absolute atomic E-state index is 0.166. The molecule has 86 valence electrons. The van der Waals surface area contributed by atoms with Gasteiger partial charge in [0.1, 0.15) is 12.0 Å². The highest BCUT2D eigenvalue weighted by Crippen LogP contribution is 2.26. The van der Waals surface area contributed by atoms with Crippen LogP contribution in [0.15, 0.2) is 0 Å². The van der Waals surface area contributed by atoms with Crippen molar-refractivity contribution in [2.45, 2.75) is 45.1 Å². The van der Waals surface area contributed by atoms with Crippen LogP contribution in [0.5, 0.6) is 0 Å². The van der Waals surface area contributed by atoms with Crippen molar-refractivity contribution < 1.29 is 19.1 Å². The Hall–Kier alpha value is -0.900. The Morgan fingerprint density at radius 1 is 1.40 bits per heavy atom. The maximum absolute atomic E-state index is 11.8. The molecule has 0 aliphatic carbocycles. The number of carbonyl (C=O) groups is 2. The molecule has 15 heavy (non-hydrogen) atoms. The van der Waals surface area contributed by atoms with Crippen LogP contribution in [-0.4, -0.2) is 30.6 Å². The molecule has 1 aliphatic heterocycles. The van der Waals surface area contributed by atoms with Gasteiger partial charge < -0.3 is 9.47 Å². The van der Waals surface area contributed by atoms with Crippen molar-refractivity contribution in [3.63, 3.8) is 0 Å². The van der Waals surface area contributed by atoms with Gasteiger partial charge in [-0.15, -0.1) is 0 Å². The molecule has 0 spiro atoms. The first-order chi connectivity index (χ1) is 7.08. The van der Waals surface area contributed by atoms with Crippen LogP contribution in [0.1, 0.15) is 39.5 Å². The minimum atomic E-state index is -0.773. The second-order valence-corrected chi connectivity index (χ2v) is 3.94. The zero-order valence-corrected chi connectivity index (χ0v) is 9.38. The predicted molar refractivity (Wildman–Crippen MR) is 54.5 cm³/mol. The number of hydrogen-bond acceptors (Lipinski definition) is 4. The normalized spacial score (nSPS) is 26.0. The van der Waals surface area contributed by atoms with Crippen molar-refractivity contribution in [1.29, 1.82) is 0 Å². The maximum Gasteiger partial charge on any atom is 0.313 e. The van der Waals surface area contributed by atoms with Gasteiger partial charge in [0, 0.05) is 6.61 Å². The van der Waals surface area contributed by atoms with Gasteiger partial charge >= 0.3 is 5.97 Å². The quantitative estimate of drug-likeness (QED) is 0.525. The Balaban J connectivity index is 2.47. The number of carbonyl (C=O) groups excluding carboxylic acids is 2. The van der Waals surface area contributed by atoms with Crippen LogP contribution in [0.25, 0.3) is 0 Å². The Morgan fingerprint density at radius 3 is 2.67 bits per heavy atom. The van der Waals surface area contributed by atoms with Crippen LogP contribution in [0.3, 0.4) is 0 Å². The fraction of sp³-hybridized carbons (Fsp3) is 0.818. The molecule has 0 N–H and O–H groups in total. The summed E-state index contributed by atoms with van der Waals surface area (Å²) in [7, 11) is 0. The average Bonchev–Trinajstić information content (AvgIpc) is 2.19. The zero-order valence-electron chi connectivity index (χ0n) is 9.38. The second kappa shape index (κ2) is 5.26. The molecule has 4 nitrogen and oxygen atoms in total. The summed E-state index contributed by atoms with van der Waals surface area (Å²) in [5, 5.41) is 0. The summed E-state index contributed by atoms with van der Waals surface area (Å²) in [5.41, 5.74) is -0.773. The molecule has 0 amide bonds. The first-order valence-electron chi connectivity index (χ1n) is 5.41. The number of Topliss-reactive ketones (excluding diaryl/α,β-unsaturated/α-hetero) is 1. The molecule has 0 aromatic heterocycles. The number of esters is 1. The highest BCUT2D eigenvalue weighted by molar-refractivity contribution is 6.00. The molecule has 0 aromatic carbocycles. The molecular formula is C11H18O4. The van der Waals surface area contributed by atoms with Gasteiger partial charge in [-0.05, 0) is 33.1 Å². The zero-order chi connectivity index (χ0) is 11.3. The molecule has 1 fully saturated rings. The SMILES string of the molecule is CCOC(=O)CC(=O)C1(C)CCCCO1. The lowest BCUT2D eigenvalue weighted by Crippen LogP contribution is -2.42. The van der Waals surface area contributed by atoms with Crippen molar-refractivity contribution in [3.8, 4) is 0 Å². The minimum Gasteiger partial charge on any atom is -0.466 e. The third-order valence-electron chi connectivity index (χ3n) is 2.67. The standard InChI is InChI=1S/C11H18O4/c1-3-14-10(13)8-9(12)11(2)6-4-5-7-15-11/h3-8H2,1-2H3. The van der Waals surface area contributed by atoms with E-state index in [-0.39, 0.29) is 12.2 Å². The van der Waals surface area contributed by atoms with E-state index in [0.717, 1.165) is 12.8 Å².